The first-order chi connectivity index (χ1) is 14.8. The first-order valence-electron chi connectivity index (χ1n) is 10.4. The summed E-state index contributed by atoms with van der Waals surface area (Å²) in [5.41, 5.74) is 12.1. The zero-order valence-electron chi connectivity index (χ0n) is 16.2. The van der Waals surface area contributed by atoms with E-state index >= 15 is 0 Å². The molecule has 3 N–H and O–H groups in total. The standard InChI is InChI=1S/C22H21ClN6S/c23-14-7-3-1-5-12(14)18-17-13-6-2-4-8-16(13)30-22(17)28-11-24-26-21(28)19(25-18)20-15-9-10-29(20)27-15/h1,3-5,7-10,18-21,24-26H,2,6,11H2. The minimum Gasteiger partial charge on any atom is -0.331 e. The van der Waals surface area contributed by atoms with Crippen LogP contribution in [0.25, 0.3) is 6.08 Å². The molecule has 1 saturated heterocycles. The van der Waals surface area contributed by atoms with Gasteiger partial charge in [-0.15, -0.1) is 11.3 Å². The minimum atomic E-state index is 0.0411. The topological polar surface area (TPSA) is 57.2 Å². The number of hydrogen-bond donors (Lipinski definition) is 3. The Balaban J connectivity index is 1.43. The molecule has 1 aliphatic carbocycles. The van der Waals surface area contributed by atoms with Crippen molar-refractivity contribution in [2.75, 3.05) is 11.6 Å². The van der Waals surface area contributed by atoms with Crippen molar-refractivity contribution in [1.82, 2.24) is 25.9 Å². The quantitative estimate of drug-likeness (QED) is 0.574. The fourth-order valence-corrected chi connectivity index (χ4v) is 6.98. The molecule has 0 saturated carbocycles. The highest BCUT2D eigenvalue weighted by molar-refractivity contribution is 7.17. The lowest BCUT2D eigenvalue weighted by atomic mass is 9.91. The highest BCUT2D eigenvalue weighted by atomic mass is 35.5. The molecule has 0 radical (unpaired) electrons. The SMILES string of the molecule is Clc1ccccc1C1NC(C2c3ccn2n3)C2NNCN2c2sc3c(c21)CCC=C3. The number of benzene rings is 1. The number of halogens is 1. The summed E-state index contributed by atoms with van der Waals surface area (Å²) in [6.07, 6.45) is 8.95. The molecule has 4 atom stereocenters. The van der Waals surface area contributed by atoms with Gasteiger partial charge in [-0.25, -0.2) is 10.9 Å². The number of nitrogens with zero attached hydrogens (tertiary/aromatic N) is 3. The number of anilines is 1. The largest absolute Gasteiger partial charge is 0.331 e. The summed E-state index contributed by atoms with van der Waals surface area (Å²) >= 11 is 8.66. The molecule has 0 spiro atoms. The summed E-state index contributed by atoms with van der Waals surface area (Å²) in [5.74, 6) is 0. The van der Waals surface area contributed by atoms with Gasteiger partial charge in [0.25, 0.3) is 0 Å². The van der Waals surface area contributed by atoms with Gasteiger partial charge in [0.2, 0.25) is 0 Å². The Morgan fingerprint density at radius 1 is 1.20 bits per heavy atom. The van der Waals surface area contributed by atoms with Crippen LogP contribution in [0.15, 0.2) is 42.6 Å². The normalized spacial score (nSPS) is 28.5. The maximum atomic E-state index is 6.75. The van der Waals surface area contributed by atoms with Crippen LogP contribution < -0.4 is 21.1 Å². The molecule has 3 aromatic rings. The molecule has 4 aliphatic heterocycles. The second-order valence-electron chi connectivity index (χ2n) is 8.31. The van der Waals surface area contributed by atoms with E-state index in [1.807, 2.05) is 23.5 Å². The average Bonchev–Trinajstić information content (AvgIpc) is 3.53. The molecule has 0 amide bonds. The van der Waals surface area contributed by atoms with Gasteiger partial charge >= 0.3 is 0 Å². The van der Waals surface area contributed by atoms with Crippen molar-refractivity contribution in [2.24, 2.45) is 0 Å². The molecule has 152 valence electrons. The van der Waals surface area contributed by atoms with E-state index in [0.29, 0.717) is 0 Å². The van der Waals surface area contributed by atoms with E-state index < -0.39 is 0 Å². The van der Waals surface area contributed by atoms with E-state index in [0.717, 1.165) is 35.8 Å². The summed E-state index contributed by atoms with van der Waals surface area (Å²) in [5, 5.41) is 10.7. The summed E-state index contributed by atoms with van der Waals surface area (Å²) in [7, 11) is 0. The maximum Gasteiger partial charge on any atom is 0.114 e. The molecule has 5 aliphatic rings. The van der Waals surface area contributed by atoms with Gasteiger partial charge in [0.1, 0.15) is 12.2 Å². The lowest BCUT2D eigenvalue weighted by molar-refractivity contribution is 0.259. The van der Waals surface area contributed by atoms with Gasteiger partial charge < -0.3 is 4.90 Å². The van der Waals surface area contributed by atoms with E-state index in [1.165, 1.54) is 21.0 Å². The number of nitrogens with one attached hydrogen (secondary N) is 3. The number of allylic oxidation sites excluding steroid dienone is 1. The predicted octanol–water partition coefficient (Wildman–Crippen LogP) is 3.42. The second kappa shape index (κ2) is 6.42. The van der Waals surface area contributed by atoms with Crippen molar-refractivity contribution < 1.29 is 0 Å². The molecule has 1 fully saturated rings. The van der Waals surface area contributed by atoms with Crippen LogP contribution in [0.5, 0.6) is 0 Å². The lowest BCUT2D eigenvalue weighted by Crippen LogP contribution is -2.57. The van der Waals surface area contributed by atoms with Gasteiger partial charge in [0.05, 0.1) is 29.4 Å². The fourth-order valence-electron chi connectivity index (χ4n) is 5.38. The summed E-state index contributed by atoms with van der Waals surface area (Å²) in [6.45, 7) is 0.779. The number of rotatable bonds is 2. The predicted molar refractivity (Wildman–Crippen MR) is 120 cm³/mol. The monoisotopic (exact) mass is 436 g/mol. The Labute approximate surface area is 183 Å². The number of fused-ring (bicyclic) bond motifs is 6. The Bertz CT molecular complexity index is 1160. The maximum absolute atomic E-state index is 6.75. The van der Waals surface area contributed by atoms with Crippen LogP contribution in [-0.4, -0.2) is 28.7 Å². The number of hydrazine groups is 1. The van der Waals surface area contributed by atoms with Crippen LogP contribution in [0.4, 0.5) is 5.00 Å². The van der Waals surface area contributed by atoms with Gasteiger partial charge in [-0.3, -0.25) is 10.00 Å². The molecule has 8 rings (SSSR count). The van der Waals surface area contributed by atoms with Crippen molar-refractivity contribution in [3.8, 4) is 0 Å². The molecule has 30 heavy (non-hydrogen) atoms. The minimum absolute atomic E-state index is 0.0411. The second-order valence-corrected chi connectivity index (χ2v) is 9.75. The highest BCUT2D eigenvalue weighted by Gasteiger charge is 2.48. The van der Waals surface area contributed by atoms with E-state index in [-0.39, 0.29) is 24.3 Å². The molecule has 8 heteroatoms. The number of hydrogen-bond acceptors (Lipinski definition) is 6. The van der Waals surface area contributed by atoms with Crippen LogP contribution in [0.1, 0.15) is 45.8 Å². The Kier molecular flexibility index (Phi) is 3.75. The van der Waals surface area contributed by atoms with Crippen LogP contribution in [0.2, 0.25) is 5.02 Å². The third kappa shape index (κ3) is 2.32. The summed E-state index contributed by atoms with van der Waals surface area (Å²) < 4.78 is 2.08. The Morgan fingerprint density at radius 3 is 2.97 bits per heavy atom. The van der Waals surface area contributed by atoms with Gasteiger partial charge in [-0.1, -0.05) is 35.9 Å². The smallest absolute Gasteiger partial charge is 0.114 e. The van der Waals surface area contributed by atoms with E-state index in [4.69, 9.17) is 11.6 Å². The van der Waals surface area contributed by atoms with Gasteiger partial charge in [-0.2, -0.15) is 5.10 Å². The number of aromatic nitrogens is 2. The van der Waals surface area contributed by atoms with Gasteiger partial charge in [0.15, 0.2) is 0 Å². The number of thiophene rings is 1. The van der Waals surface area contributed by atoms with Crippen molar-refractivity contribution in [2.45, 2.75) is 37.1 Å². The first-order valence-corrected chi connectivity index (χ1v) is 11.6. The third-order valence-electron chi connectivity index (χ3n) is 6.75. The van der Waals surface area contributed by atoms with Crippen LogP contribution in [0.3, 0.4) is 0 Å². The van der Waals surface area contributed by atoms with Crippen molar-refractivity contribution in [3.05, 3.63) is 74.9 Å². The van der Waals surface area contributed by atoms with E-state index in [9.17, 15) is 0 Å². The zero-order valence-corrected chi connectivity index (χ0v) is 17.7. The highest BCUT2D eigenvalue weighted by Crippen LogP contribution is 2.49. The van der Waals surface area contributed by atoms with Crippen molar-refractivity contribution >= 4 is 34.0 Å². The van der Waals surface area contributed by atoms with Gasteiger partial charge in [0, 0.05) is 21.7 Å². The van der Waals surface area contributed by atoms with Crippen molar-refractivity contribution in [3.63, 3.8) is 0 Å². The molecule has 1 aromatic carbocycles. The average molecular weight is 437 g/mol. The lowest BCUT2D eigenvalue weighted by Gasteiger charge is -2.37. The van der Waals surface area contributed by atoms with Crippen molar-refractivity contribution in [1.29, 1.82) is 0 Å². The molecular formula is C22H21ClN6S. The molecule has 6 heterocycles. The molecular weight excluding hydrogens is 416 g/mol. The molecule has 2 aromatic heterocycles. The van der Waals surface area contributed by atoms with E-state index in [2.05, 4.69) is 67.4 Å². The zero-order chi connectivity index (χ0) is 19.8. The van der Waals surface area contributed by atoms with Crippen LogP contribution in [0, 0.1) is 0 Å². The molecule has 2 bridgehead atoms. The fraction of sp³-hybridized carbons (Fsp3) is 0.318. The third-order valence-corrected chi connectivity index (χ3v) is 8.34. The van der Waals surface area contributed by atoms with Gasteiger partial charge in [-0.05, 0) is 42.2 Å². The van der Waals surface area contributed by atoms with E-state index in [1.54, 1.807) is 0 Å². The summed E-state index contributed by atoms with van der Waals surface area (Å²) in [4.78, 5) is 3.87. The van der Waals surface area contributed by atoms with Crippen LogP contribution >= 0.6 is 22.9 Å². The molecule has 4 unspecified atom stereocenters. The summed E-state index contributed by atoms with van der Waals surface area (Å²) in [6, 6.07) is 10.8. The first kappa shape index (κ1) is 17.5. The molecule has 6 nitrogen and oxygen atoms in total. The van der Waals surface area contributed by atoms with Crippen LogP contribution in [-0.2, 0) is 6.42 Å². The Hall–Kier alpha value is -2.16. The Morgan fingerprint density at radius 2 is 2.13 bits per heavy atom.